The highest BCUT2D eigenvalue weighted by atomic mass is 16.2. The minimum Gasteiger partial charge on any atom is -0.354 e. The van der Waals surface area contributed by atoms with Crippen molar-refractivity contribution in [2.45, 2.75) is 57.0 Å². The lowest BCUT2D eigenvalue weighted by Crippen LogP contribution is -2.54. The first-order chi connectivity index (χ1) is 12.6. The standard InChI is InChI=1S/C20H27N3O3/c24-18-11-5-2-6-12-21-19(25)17-10-7-13-23(17)20(26)16(22-18)14-15-8-3-1-4-9-15/h1,3-4,8-9,16-17H,2,5-7,10-14H2,(H,21,25)(H,22,24). The average Bonchev–Trinajstić information content (AvgIpc) is 3.13. The second kappa shape index (κ2) is 8.83. The Morgan fingerprint density at radius 1 is 1.00 bits per heavy atom. The molecule has 0 aromatic heterocycles. The summed E-state index contributed by atoms with van der Waals surface area (Å²) in [6, 6.07) is 8.64. The molecule has 1 aromatic carbocycles. The van der Waals surface area contributed by atoms with Gasteiger partial charge in [-0.1, -0.05) is 36.8 Å². The molecular weight excluding hydrogens is 330 g/mol. The van der Waals surface area contributed by atoms with Gasteiger partial charge in [0.2, 0.25) is 17.7 Å². The zero-order chi connectivity index (χ0) is 18.4. The van der Waals surface area contributed by atoms with E-state index in [-0.39, 0.29) is 17.7 Å². The molecule has 3 rings (SSSR count). The molecule has 6 nitrogen and oxygen atoms in total. The molecule has 0 radical (unpaired) electrons. The van der Waals surface area contributed by atoms with Gasteiger partial charge in [0.05, 0.1) is 0 Å². The average molecular weight is 357 g/mol. The van der Waals surface area contributed by atoms with Crippen LogP contribution in [0.1, 0.15) is 44.1 Å². The fourth-order valence-electron chi connectivity index (χ4n) is 3.74. The van der Waals surface area contributed by atoms with Gasteiger partial charge in [-0.2, -0.15) is 0 Å². The largest absolute Gasteiger partial charge is 0.354 e. The molecule has 0 aliphatic carbocycles. The maximum Gasteiger partial charge on any atom is 0.246 e. The Hall–Kier alpha value is -2.37. The highest BCUT2D eigenvalue weighted by molar-refractivity contribution is 5.92. The molecule has 3 amide bonds. The van der Waals surface area contributed by atoms with Crippen molar-refractivity contribution in [3.63, 3.8) is 0 Å². The van der Waals surface area contributed by atoms with Gasteiger partial charge >= 0.3 is 0 Å². The Morgan fingerprint density at radius 3 is 2.62 bits per heavy atom. The molecule has 0 bridgehead atoms. The summed E-state index contributed by atoms with van der Waals surface area (Å²) in [7, 11) is 0. The Morgan fingerprint density at radius 2 is 1.81 bits per heavy atom. The van der Waals surface area contributed by atoms with Crippen LogP contribution in [0.5, 0.6) is 0 Å². The topological polar surface area (TPSA) is 78.5 Å². The maximum absolute atomic E-state index is 13.2. The summed E-state index contributed by atoms with van der Waals surface area (Å²) in [5.74, 6) is -0.312. The Balaban J connectivity index is 1.81. The number of carbonyl (C=O) groups is 3. The summed E-state index contributed by atoms with van der Waals surface area (Å²) >= 11 is 0. The van der Waals surface area contributed by atoms with E-state index >= 15 is 0 Å². The molecule has 2 heterocycles. The summed E-state index contributed by atoms with van der Waals surface area (Å²) in [4.78, 5) is 39.6. The third-order valence-electron chi connectivity index (χ3n) is 5.13. The van der Waals surface area contributed by atoms with E-state index in [4.69, 9.17) is 0 Å². The Bertz CT molecular complexity index is 647. The van der Waals surface area contributed by atoms with Crippen LogP contribution in [0.4, 0.5) is 0 Å². The smallest absolute Gasteiger partial charge is 0.246 e. The molecule has 2 saturated heterocycles. The molecule has 26 heavy (non-hydrogen) atoms. The minimum atomic E-state index is -0.626. The summed E-state index contributed by atoms with van der Waals surface area (Å²) in [6.07, 6.45) is 4.86. The first-order valence-electron chi connectivity index (χ1n) is 9.56. The number of amides is 3. The summed E-state index contributed by atoms with van der Waals surface area (Å²) in [6.45, 7) is 1.17. The number of nitrogens with one attached hydrogen (secondary N) is 2. The van der Waals surface area contributed by atoms with Gasteiger partial charge in [0.1, 0.15) is 12.1 Å². The Kier molecular flexibility index (Phi) is 6.26. The van der Waals surface area contributed by atoms with Gasteiger partial charge in [0, 0.05) is 25.9 Å². The highest BCUT2D eigenvalue weighted by Crippen LogP contribution is 2.20. The van der Waals surface area contributed by atoms with Gasteiger partial charge in [-0.3, -0.25) is 14.4 Å². The molecule has 2 aliphatic heterocycles. The molecule has 6 heteroatoms. The maximum atomic E-state index is 13.2. The zero-order valence-corrected chi connectivity index (χ0v) is 15.1. The number of hydrogen-bond donors (Lipinski definition) is 2. The van der Waals surface area contributed by atoms with Crippen molar-refractivity contribution in [1.29, 1.82) is 0 Å². The lowest BCUT2D eigenvalue weighted by Gasteiger charge is -2.28. The molecule has 140 valence electrons. The molecule has 2 N–H and O–H groups in total. The molecular formula is C20H27N3O3. The third kappa shape index (κ3) is 4.62. The van der Waals surface area contributed by atoms with E-state index in [9.17, 15) is 14.4 Å². The quantitative estimate of drug-likeness (QED) is 0.840. The van der Waals surface area contributed by atoms with E-state index in [2.05, 4.69) is 10.6 Å². The molecule has 1 aromatic rings. The van der Waals surface area contributed by atoms with E-state index in [1.165, 1.54) is 0 Å². The van der Waals surface area contributed by atoms with Crippen LogP contribution in [0.2, 0.25) is 0 Å². The van der Waals surface area contributed by atoms with Crippen LogP contribution in [0, 0.1) is 0 Å². The van der Waals surface area contributed by atoms with Gasteiger partial charge in [0.25, 0.3) is 0 Å². The van der Waals surface area contributed by atoms with Crippen LogP contribution >= 0.6 is 0 Å². The number of fused-ring (bicyclic) bond motifs is 1. The number of hydrogen-bond acceptors (Lipinski definition) is 3. The van der Waals surface area contributed by atoms with E-state index in [0.717, 1.165) is 31.2 Å². The van der Waals surface area contributed by atoms with E-state index in [1.807, 2.05) is 30.3 Å². The summed E-state index contributed by atoms with van der Waals surface area (Å²) in [5, 5.41) is 5.87. The van der Waals surface area contributed by atoms with Crippen molar-refractivity contribution >= 4 is 17.7 Å². The zero-order valence-electron chi connectivity index (χ0n) is 15.1. The summed E-state index contributed by atoms with van der Waals surface area (Å²) < 4.78 is 0. The molecule has 2 aliphatic rings. The van der Waals surface area contributed by atoms with Crippen LogP contribution in [-0.2, 0) is 20.8 Å². The first-order valence-corrected chi connectivity index (χ1v) is 9.56. The normalized spacial score (nSPS) is 25.4. The van der Waals surface area contributed by atoms with Gasteiger partial charge in [-0.15, -0.1) is 0 Å². The molecule has 2 fully saturated rings. The second-order valence-corrected chi connectivity index (χ2v) is 7.10. The van der Waals surface area contributed by atoms with Crippen LogP contribution in [0.25, 0.3) is 0 Å². The van der Waals surface area contributed by atoms with Crippen LogP contribution in [-0.4, -0.2) is 47.8 Å². The minimum absolute atomic E-state index is 0.0696. The molecule has 2 unspecified atom stereocenters. The first kappa shape index (κ1) is 18.4. The highest BCUT2D eigenvalue weighted by Gasteiger charge is 2.37. The van der Waals surface area contributed by atoms with Crippen molar-refractivity contribution in [2.75, 3.05) is 13.1 Å². The predicted octanol–water partition coefficient (Wildman–Crippen LogP) is 1.40. The van der Waals surface area contributed by atoms with Crippen molar-refractivity contribution in [2.24, 2.45) is 0 Å². The monoisotopic (exact) mass is 357 g/mol. The number of rotatable bonds is 2. The van der Waals surface area contributed by atoms with Crippen LogP contribution in [0.15, 0.2) is 30.3 Å². The van der Waals surface area contributed by atoms with Gasteiger partial charge in [-0.25, -0.2) is 0 Å². The van der Waals surface area contributed by atoms with E-state index < -0.39 is 12.1 Å². The van der Waals surface area contributed by atoms with E-state index in [0.29, 0.717) is 32.4 Å². The predicted molar refractivity (Wildman–Crippen MR) is 98.3 cm³/mol. The number of benzene rings is 1. The summed E-state index contributed by atoms with van der Waals surface area (Å²) in [5.41, 5.74) is 0.996. The molecule has 2 atom stereocenters. The number of carbonyl (C=O) groups excluding carboxylic acids is 3. The second-order valence-electron chi connectivity index (χ2n) is 7.10. The Labute approximate surface area is 154 Å². The fourth-order valence-corrected chi connectivity index (χ4v) is 3.74. The van der Waals surface area contributed by atoms with Gasteiger partial charge in [0.15, 0.2) is 0 Å². The van der Waals surface area contributed by atoms with Crippen molar-refractivity contribution in [1.82, 2.24) is 15.5 Å². The SMILES string of the molecule is O=C1CCCCCNC(=O)C2CCCN2C(=O)C(Cc2ccccc2)N1. The van der Waals surface area contributed by atoms with Crippen LogP contribution in [0.3, 0.4) is 0 Å². The van der Waals surface area contributed by atoms with Crippen molar-refractivity contribution in [3.05, 3.63) is 35.9 Å². The lowest BCUT2D eigenvalue weighted by atomic mass is 10.0. The molecule has 0 spiro atoms. The fraction of sp³-hybridized carbons (Fsp3) is 0.550. The van der Waals surface area contributed by atoms with Gasteiger partial charge < -0.3 is 15.5 Å². The molecule has 0 saturated carbocycles. The van der Waals surface area contributed by atoms with E-state index in [1.54, 1.807) is 4.90 Å². The van der Waals surface area contributed by atoms with Crippen molar-refractivity contribution < 1.29 is 14.4 Å². The third-order valence-corrected chi connectivity index (χ3v) is 5.13. The van der Waals surface area contributed by atoms with Gasteiger partial charge in [-0.05, 0) is 31.2 Å². The number of nitrogens with zero attached hydrogens (tertiary/aromatic N) is 1. The van der Waals surface area contributed by atoms with Crippen LogP contribution < -0.4 is 10.6 Å². The lowest BCUT2D eigenvalue weighted by molar-refractivity contribution is -0.141. The van der Waals surface area contributed by atoms with Crippen molar-refractivity contribution in [3.8, 4) is 0 Å².